The number of pyridine rings is 2. The fraction of sp³-hybridized carbons (Fsp3) is 0. The van der Waals surface area contributed by atoms with Gasteiger partial charge in [-0.15, -0.1) is 0 Å². The Morgan fingerprint density at radius 2 is 1.71 bits per heavy atom. The molecule has 68 valence electrons. The Balaban J connectivity index is 2.47. The van der Waals surface area contributed by atoms with E-state index in [-0.39, 0.29) is 0 Å². The summed E-state index contributed by atoms with van der Waals surface area (Å²) in [6.07, 6.45) is 7.09. The van der Waals surface area contributed by atoms with E-state index in [0.717, 1.165) is 16.8 Å². The number of nitrogens with zero attached hydrogens (tertiary/aromatic N) is 2. The van der Waals surface area contributed by atoms with Crippen LogP contribution in [-0.2, 0) is 0 Å². The van der Waals surface area contributed by atoms with Gasteiger partial charge in [0.05, 0.1) is 5.69 Å². The average Bonchev–Trinajstić information content (AvgIpc) is 2.30. The second kappa shape index (κ2) is 3.83. The molecule has 0 radical (unpaired) electrons. The summed E-state index contributed by atoms with van der Waals surface area (Å²) in [7, 11) is 0. The van der Waals surface area contributed by atoms with Crippen molar-refractivity contribution in [1.29, 1.82) is 0 Å². The van der Waals surface area contributed by atoms with Crippen LogP contribution in [0.1, 0.15) is 5.69 Å². The van der Waals surface area contributed by atoms with E-state index in [2.05, 4.69) is 16.5 Å². The largest absolute Gasteiger partial charge is 0.265 e. The minimum atomic E-state index is 0.888. The second-order valence-electron chi connectivity index (χ2n) is 2.91. The van der Waals surface area contributed by atoms with E-state index in [1.165, 1.54) is 0 Å². The normalized spacial score (nSPS) is 9.71. The van der Waals surface area contributed by atoms with Gasteiger partial charge in [-0.05, 0) is 41.5 Å². The lowest BCUT2D eigenvalue weighted by molar-refractivity contribution is 1.29. The summed E-state index contributed by atoms with van der Waals surface area (Å²) in [5.41, 5.74) is 3.17. The lowest BCUT2D eigenvalue weighted by Crippen LogP contribution is -1.82. The quantitative estimate of drug-likeness (QED) is 0.713. The van der Waals surface area contributed by atoms with Crippen molar-refractivity contribution < 1.29 is 0 Å². The lowest BCUT2D eigenvalue weighted by Gasteiger charge is -2.00. The molecule has 0 fully saturated rings. The Hall–Kier alpha value is -1.96. The third-order valence-electron chi connectivity index (χ3n) is 2.00. The van der Waals surface area contributed by atoms with Crippen LogP contribution in [0.25, 0.3) is 17.2 Å². The molecule has 0 saturated carbocycles. The predicted molar refractivity (Wildman–Crippen MR) is 57.6 cm³/mol. The number of hydrogen-bond acceptors (Lipinski definition) is 2. The highest BCUT2D eigenvalue weighted by atomic mass is 14.7. The maximum Gasteiger partial charge on any atom is 0.0629 e. The molecular weight excluding hydrogens is 172 g/mol. The molecule has 0 spiro atoms. The molecule has 2 heteroatoms. The minimum absolute atomic E-state index is 0.888. The first-order chi connectivity index (χ1) is 6.90. The molecule has 0 aliphatic carbocycles. The van der Waals surface area contributed by atoms with E-state index in [1.807, 2.05) is 24.3 Å². The van der Waals surface area contributed by atoms with Crippen molar-refractivity contribution in [2.24, 2.45) is 0 Å². The minimum Gasteiger partial charge on any atom is -0.265 e. The van der Waals surface area contributed by atoms with Gasteiger partial charge < -0.3 is 0 Å². The maximum absolute atomic E-state index is 4.15. The third-order valence-corrected chi connectivity index (χ3v) is 2.00. The summed E-state index contributed by atoms with van der Waals surface area (Å²) in [5.74, 6) is 0. The summed E-state index contributed by atoms with van der Waals surface area (Å²) in [5, 5.41) is 0. The molecule has 14 heavy (non-hydrogen) atoms. The molecule has 2 nitrogen and oxygen atoms in total. The summed E-state index contributed by atoms with van der Waals surface area (Å²) in [6.45, 7) is 3.69. The fourth-order valence-electron chi connectivity index (χ4n) is 1.28. The smallest absolute Gasteiger partial charge is 0.0629 e. The molecule has 0 aliphatic rings. The van der Waals surface area contributed by atoms with Gasteiger partial charge in [0.25, 0.3) is 0 Å². The summed E-state index contributed by atoms with van der Waals surface area (Å²) < 4.78 is 0. The Morgan fingerprint density at radius 3 is 2.43 bits per heavy atom. The van der Waals surface area contributed by atoms with Crippen molar-refractivity contribution in [2.45, 2.75) is 0 Å². The Labute approximate surface area is 83.0 Å². The van der Waals surface area contributed by atoms with Crippen molar-refractivity contribution >= 4 is 6.08 Å². The fourth-order valence-corrected chi connectivity index (χ4v) is 1.28. The number of rotatable bonds is 2. The molecule has 2 aromatic heterocycles. The van der Waals surface area contributed by atoms with Crippen LogP contribution in [0.4, 0.5) is 0 Å². The topological polar surface area (TPSA) is 25.8 Å². The zero-order valence-corrected chi connectivity index (χ0v) is 7.72. The second-order valence-corrected chi connectivity index (χ2v) is 2.91. The van der Waals surface area contributed by atoms with Crippen LogP contribution < -0.4 is 0 Å². The van der Waals surface area contributed by atoms with Gasteiger partial charge in [0.2, 0.25) is 0 Å². The van der Waals surface area contributed by atoms with Gasteiger partial charge in [0.1, 0.15) is 0 Å². The highest BCUT2D eigenvalue weighted by molar-refractivity contribution is 5.64. The SMILES string of the molecule is C=Cc1cc(-c2ccncc2)ccn1. The molecule has 2 rings (SSSR count). The van der Waals surface area contributed by atoms with Crippen molar-refractivity contribution in [1.82, 2.24) is 9.97 Å². The zero-order chi connectivity index (χ0) is 9.80. The van der Waals surface area contributed by atoms with Crippen molar-refractivity contribution in [2.75, 3.05) is 0 Å². The van der Waals surface area contributed by atoms with Crippen LogP contribution in [0.5, 0.6) is 0 Å². The van der Waals surface area contributed by atoms with E-state index in [4.69, 9.17) is 0 Å². The van der Waals surface area contributed by atoms with Gasteiger partial charge in [-0.3, -0.25) is 9.97 Å². The molecule has 0 aromatic carbocycles. The number of hydrogen-bond donors (Lipinski definition) is 0. The van der Waals surface area contributed by atoms with Crippen molar-refractivity contribution in [3.63, 3.8) is 0 Å². The molecule has 0 unspecified atom stereocenters. The van der Waals surface area contributed by atoms with Gasteiger partial charge >= 0.3 is 0 Å². The summed E-state index contributed by atoms with van der Waals surface area (Å²) in [6, 6.07) is 7.93. The van der Waals surface area contributed by atoms with Gasteiger partial charge in [-0.1, -0.05) is 6.58 Å². The first-order valence-electron chi connectivity index (χ1n) is 4.39. The Morgan fingerprint density at radius 1 is 1.00 bits per heavy atom. The van der Waals surface area contributed by atoms with Crippen LogP contribution in [0, 0.1) is 0 Å². The van der Waals surface area contributed by atoms with Crippen molar-refractivity contribution in [3.05, 3.63) is 55.1 Å². The van der Waals surface area contributed by atoms with Crippen LogP contribution in [0.3, 0.4) is 0 Å². The van der Waals surface area contributed by atoms with Gasteiger partial charge in [0.15, 0.2) is 0 Å². The summed E-state index contributed by atoms with van der Waals surface area (Å²) in [4.78, 5) is 8.13. The molecule has 0 atom stereocenters. The third kappa shape index (κ3) is 1.69. The monoisotopic (exact) mass is 182 g/mol. The standard InChI is InChI=1S/C12H10N2/c1-2-12-9-11(5-8-14-12)10-3-6-13-7-4-10/h2-9H,1H2. The van der Waals surface area contributed by atoms with Gasteiger partial charge in [0, 0.05) is 18.6 Å². The first kappa shape index (κ1) is 8.63. The average molecular weight is 182 g/mol. The van der Waals surface area contributed by atoms with E-state index >= 15 is 0 Å². The Bertz CT molecular complexity index is 435. The van der Waals surface area contributed by atoms with Crippen LogP contribution in [0.2, 0.25) is 0 Å². The molecule has 0 bridgehead atoms. The van der Waals surface area contributed by atoms with Gasteiger partial charge in [-0.25, -0.2) is 0 Å². The van der Waals surface area contributed by atoms with Crippen molar-refractivity contribution in [3.8, 4) is 11.1 Å². The van der Waals surface area contributed by atoms with E-state index in [9.17, 15) is 0 Å². The molecule has 2 heterocycles. The lowest BCUT2D eigenvalue weighted by atomic mass is 10.1. The highest BCUT2D eigenvalue weighted by Crippen LogP contribution is 2.18. The van der Waals surface area contributed by atoms with Gasteiger partial charge in [-0.2, -0.15) is 0 Å². The molecule has 2 aromatic rings. The van der Waals surface area contributed by atoms with Crippen LogP contribution in [-0.4, -0.2) is 9.97 Å². The van der Waals surface area contributed by atoms with Crippen LogP contribution >= 0.6 is 0 Å². The molecule has 0 aliphatic heterocycles. The van der Waals surface area contributed by atoms with E-state index < -0.39 is 0 Å². The maximum atomic E-state index is 4.15. The number of aromatic nitrogens is 2. The molecule has 0 saturated heterocycles. The van der Waals surface area contributed by atoms with Crippen LogP contribution in [0.15, 0.2) is 49.4 Å². The van der Waals surface area contributed by atoms with E-state index in [0.29, 0.717) is 0 Å². The Kier molecular flexibility index (Phi) is 2.36. The zero-order valence-electron chi connectivity index (χ0n) is 7.72. The molecule has 0 N–H and O–H groups in total. The molecule has 0 amide bonds. The van der Waals surface area contributed by atoms with E-state index in [1.54, 1.807) is 24.7 Å². The molecular formula is C12H10N2. The predicted octanol–water partition coefficient (Wildman–Crippen LogP) is 2.79. The highest BCUT2D eigenvalue weighted by Gasteiger charge is 1.96. The summed E-state index contributed by atoms with van der Waals surface area (Å²) >= 11 is 0. The first-order valence-corrected chi connectivity index (χ1v) is 4.39.